The molecule has 1 amide bonds. The number of nitro groups is 1. The summed E-state index contributed by atoms with van der Waals surface area (Å²) in [5.41, 5.74) is 0.864. The Hall–Kier alpha value is -3.49. The number of carbonyl (C=O) groups is 1. The maximum absolute atomic E-state index is 12.4. The lowest BCUT2D eigenvalue weighted by atomic mass is 10.2. The number of carbonyl (C=O) groups excluding carboxylic acids is 1. The molecule has 3 rings (SSSR count). The van der Waals surface area contributed by atoms with Crippen LogP contribution in [0.25, 0.3) is 11.0 Å². The van der Waals surface area contributed by atoms with Crippen molar-refractivity contribution in [1.29, 1.82) is 0 Å². The van der Waals surface area contributed by atoms with Crippen LogP contribution in [-0.4, -0.2) is 24.9 Å². The molecule has 26 heavy (non-hydrogen) atoms. The molecule has 0 saturated heterocycles. The molecule has 0 atom stereocenters. The van der Waals surface area contributed by atoms with Gasteiger partial charge < -0.3 is 5.32 Å². The fourth-order valence-electron chi connectivity index (χ4n) is 2.91. The third-order valence-corrected chi connectivity index (χ3v) is 4.16. The lowest BCUT2D eigenvalue weighted by Gasteiger charge is -2.08. The van der Waals surface area contributed by atoms with E-state index in [0.29, 0.717) is 29.7 Å². The lowest BCUT2D eigenvalue weighted by Crippen LogP contribution is -2.23. The number of anilines is 1. The normalized spacial score (nSPS) is 10.8. The van der Waals surface area contributed by atoms with Gasteiger partial charge in [-0.1, -0.05) is 0 Å². The number of aromatic nitrogens is 3. The molecule has 1 aromatic carbocycles. The molecule has 0 fully saturated rings. The number of amides is 1. The monoisotopic (exact) mass is 355 g/mol. The molecule has 0 bridgehead atoms. The minimum atomic E-state index is -0.574. The minimum Gasteiger partial charge on any atom is -0.316 e. The number of fused-ring (bicyclic) bond motifs is 1. The topological polar surface area (TPSA) is 112 Å². The average molecular weight is 355 g/mol. The van der Waals surface area contributed by atoms with E-state index in [1.54, 1.807) is 6.92 Å². The summed E-state index contributed by atoms with van der Waals surface area (Å²) in [6.45, 7) is 4.42. The molecule has 1 N–H and O–H groups in total. The quantitative estimate of drug-likeness (QED) is 0.558. The van der Waals surface area contributed by atoms with Crippen LogP contribution in [-0.2, 0) is 13.1 Å². The van der Waals surface area contributed by atoms with Crippen LogP contribution in [0.1, 0.15) is 24.2 Å². The fraction of sp³-hybridized carbons (Fsp3) is 0.235. The van der Waals surface area contributed by atoms with Gasteiger partial charge in [-0.05, 0) is 32.0 Å². The highest BCUT2D eigenvalue weighted by molar-refractivity contribution is 6.06. The Morgan fingerprint density at radius 1 is 1.15 bits per heavy atom. The average Bonchev–Trinajstić information content (AvgIpc) is 2.91. The molecule has 2 heterocycles. The second-order valence-corrected chi connectivity index (χ2v) is 5.58. The van der Waals surface area contributed by atoms with Crippen molar-refractivity contribution in [1.82, 2.24) is 14.1 Å². The number of rotatable bonds is 5. The molecule has 0 aliphatic heterocycles. The summed E-state index contributed by atoms with van der Waals surface area (Å²) in [7, 11) is 0. The van der Waals surface area contributed by atoms with Gasteiger partial charge in [0.05, 0.1) is 16.0 Å². The van der Waals surface area contributed by atoms with Crippen LogP contribution in [0.15, 0.2) is 41.5 Å². The van der Waals surface area contributed by atoms with E-state index < -0.39 is 10.8 Å². The molecular weight excluding hydrogens is 338 g/mol. The Morgan fingerprint density at radius 3 is 2.27 bits per heavy atom. The number of nitro benzene ring substituents is 1. The summed E-state index contributed by atoms with van der Waals surface area (Å²) in [6.07, 6.45) is 2.92. The number of nitrogens with one attached hydrogen (secondary N) is 1. The van der Waals surface area contributed by atoms with Crippen molar-refractivity contribution in [3.63, 3.8) is 0 Å². The molecule has 0 spiro atoms. The second kappa shape index (κ2) is 6.79. The van der Waals surface area contributed by atoms with Crippen LogP contribution in [0.3, 0.4) is 0 Å². The number of hydrogen-bond donors (Lipinski definition) is 1. The minimum absolute atomic E-state index is 0.0414. The Kier molecular flexibility index (Phi) is 4.53. The standard InChI is InChI=1S/C17H17N5O4/c1-3-20-14-9-12(19-16(23)11-5-7-18-8-6-11)13(22(25)26)10-15(14)21(4-2)17(20)24/h5-10H,3-4H2,1-2H3,(H,19,23). The molecule has 2 aromatic heterocycles. The maximum Gasteiger partial charge on any atom is 0.329 e. The van der Waals surface area contributed by atoms with E-state index >= 15 is 0 Å². The van der Waals surface area contributed by atoms with E-state index in [9.17, 15) is 19.7 Å². The van der Waals surface area contributed by atoms with Gasteiger partial charge in [0.15, 0.2) is 0 Å². The van der Waals surface area contributed by atoms with Crippen LogP contribution < -0.4 is 11.0 Å². The molecule has 3 aromatic rings. The van der Waals surface area contributed by atoms with Gasteiger partial charge in [0.1, 0.15) is 5.69 Å². The van der Waals surface area contributed by atoms with Crippen LogP contribution >= 0.6 is 0 Å². The molecule has 9 nitrogen and oxygen atoms in total. The van der Waals surface area contributed by atoms with Gasteiger partial charge in [0.25, 0.3) is 11.6 Å². The van der Waals surface area contributed by atoms with Crippen LogP contribution in [0.5, 0.6) is 0 Å². The first-order chi connectivity index (χ1) is 12.5. The Bertz CT molecular complexity index is 1050. The third-order valence-electron chi connectivity index (χ3n) is 4.16. The van der Waals surface area contributed by atoms with E-state index in [1.165, 1.54) is 45.8 Å². The summed E-state index contributed by atoms with van der Waals surface area (Å²) in [6, 6.07) is 5.82. The number of pyridine rings is 1. The Morgan fingerprint density at radius 2 is 1.73 bits per heavy atom. The molecule has 9 heteroatoms. The van der Waals surface area contributed by atoms with E-state index in [4.69, 9.17) is 0 Å². The predicted molar refractivity (Wildman–Crippen MR) is 96.4 cm³/mol. The first-order valence-electron chi connectivity index (χ1n) is 8.10. The molecule has 0 aliphatic carbocycles. The van der Waals surface area contributed by atoms with Gasteiger partial charge in [-0.2, -0.15) is 0 Å². The third kappa shape index (κ3) is 2.83. The maximum atomic E-state index is 12.4. The summed E-state index contributed by atoms with van der Waals surface area (Å²) in [5, 5.41) is 14.1. The van der Waals surface area contributed by atoms with E-state index in [2.05, 4.69) is 10.3 Å². The molecule has 134 valence electrons. The molecular formula is C17H17N5O4. The molecule has 0 aliphatic rings. The number of benzene rings is 1. The van der Waals surface area contributed by atoms with Crippen molar-refractivity contribution in [2.45, 2.75) is 26.9 Å². The van der Waals surface area contributed by atoms with Gasteiger partial charge in [0.2, 0.25) is 0 Å². The highest BCUT2D eigenvalue weighted by Crippen LogP contribution is 2.30. The lowest BCUT2D eigenvalue weighted by molar-refractivity contribution is -0.383. The largest absolute Gasteiger partial charge is 0.329 e. The van der Waals surface area contributed by atoms with Crippen molar-refractivity contribution in [3.05, 3.63) is 62.8 Å². The molecule has 0 saturated carbocycles. The summed E-state index contributed by atoms with van der Waals surface area (Å²) < 4.78 is 2.99. The Labute approximate surface area is 148 Å². The van der Waals surface area contributed by atoms with Crippen molar-refractivity contribution < 1.29 is 9.72 Å². The number of aryl methyl sites for hydroxylation is 2. The van der Waals surface area contributed by atoms with Crippen LogP contribution in [0.4, 0.5) is 11.4 Å². The predicted octanol–water partition coefficient (Wildman–Crippen LogP) is 2.40. The zero-order chi connectivity index (χ0) is 18.8. The molecule has 0 unspecified atom stereocenters. The number of imidazole rings is 1. The fourth-order valence-corrected chi connectivity index (χ4v) is 2.91. The van der Waals surface area contributed by atoms with E-state index in [1.807, 2.05) is 6.92 Å². The van der Waals surface area contributed by atoms with Crippen molar-refractivity contribution in [2.75, 3.05) is 5.32 Å². The van der Waals surface area contributed by atoms with Crippen LogP contribution in [0.2, 0.25) is 0 Å². The first kappa shape index (κ1) is 17.3. The SMILES string of the molecule is CCn1c(=O)n(CC)c2cc([N+](=O)[O-])c(NC(=O)c3ccncc3)cc21. The van der Waals surface area contributed by atoms with Gasteiger partial charge in [-0.15, -0.1) is 0 Å². The van der Waals surface area contributed by atoms with Gasteiger partial charge in [-0.3, -0.25) is 29.0 Å². The summed E-state index contributed by atoms with van der Waals surface area (Å²) in [5.74, 6) is -0.491. The zero-order valence-electron chi connectivity index (χ0n) is 14.3. The zero-order valence-corrected chi connectivity index (χ0v) is 14.3. The highest BCUT2D eigenvalue weighted by Gasteiger charge is 2.22. The second-order valence-electron chi connectivity index (χ2n) is 5.58. The Balaban J connectivity index is 2.18. The van der Waals surface area contributed by atoms with Gasteiger partial charge >= 0.3 is 5.69 Å². The number of hydrogen-bond acceptors (Lipinski definition) is 5. The number of nitrogens with zero attached hydrogens (tertiary/aromatic N) is 4. The van der Waals surface area contributed by atoms with E-state index in [0.717, 1.165) is 0 Å². The smallest absolute Gasteiger partial charge is 0.316 e. The summed E-state index contributed by atoms with van der Waals surface area (Å²) >= 11 is 0. The van der Waals surface area contributed by atoms with Gasteiger partial charge in [-0.25, -0.2) is 4.79 Å². The summed E-state index contributed by atoms with van der Waals surface area (Å²) in [4.78, 5) is 39.6. The van der Waals surface area contributed by atoms with Crippen molar-refractivity contribution in [3.8, 4) is 0 Å². The van der Waals surface area contributed by atoms with E-state index in [-0.39, 0.29) is 17.1 Å². The van der Waals surface area contributed by atoms with Crippen LogP contribution in [0, 0.1) is 10.1 Å². The first-order valence-corrected chi connectivity index (χ1v) is 8.10. The van der Waals surface area contributed by atoms with Crippen molar-refractivity contribution in [2.24, 2.45) is 0 Å². The van der Waals surface area contributed by atoms with Crippen molar-refractivity contribution >= 4 is 28.3 Å². The highest BCUT2D eigenvalue weighted by atomic mass is 16.6. The van der Waals surface area contributed by atoms with Gasteiger partial charge in [0, 0.05) is 37.1 Å². The molecule has 0 radical (unpaired) electrons.